The largest absolute Gasteiger partial charge is 0.756 e. The summed E-state index contributed by atoms with van der Waals surface area (Å²) in [5.41, 5.74) is 8.26. The minimum atomic E-state index is -6.63. The Morgan fingerprint density at radius 1 is 0.789 bits per heavy atom. The first kappa shape index (κ1) is 52.7. The number of phosphoric ester groups is 3. The number of hydrogen-bond acceptors (Lipinski definition) is 30. The highest BCUT2D eigenvalue weighted by atomic mass is 31.3. The van der Waals surface area contributed by atoms with E-state index in [-0.39, 0.29) is 34.1 Å². The van der Waals surface area contributed by atoms with Crippen LogP contribution in [0.15, 0.2) is 45.6 Å². The van der Waals surface area contributed by atoms with E-state index in [1.807, 2.05) is 4.98 Å². The maximum atomic E-state index is 16.4. The average Bonchev–Trinajstić information content (AvgIpc) is 4.05. The van der Waals surface area contributed by atoms with Crippen molar-refractivity contribution in [2.24, 2.45) is 7.05 Å². The monoisotopic (exact) mass is 1090 g/mol. The van der Waals surface area contributed by atoms with E-state index < -0.39 is 142 Å². The van der Waals surface area contributed by atoms with Crippen molar-refractivity contribution in [1.82, 2.24) is 43.6 Å². The van der Waals surface area contributed by atoms with Crippen molar-refractivity contribution in [2.75, 3.05) is 31.3 Å². The number of aryl methyl sites for hydroxylation is 1. The fourth-order valence-electron chi connectivity index (χ4n) is 7.49. The number of aromatic amines is 2. The number of anilines is 2. The van der Waals surface area contributed by atoms with E-state index >= 15 is 4.39 Å². The molecule has 0 aliphatic carbocycles. The van der Waals surface area contributed by atoms with Gasteiger partial charge in [-0.3, -0.25) is 51.5 Å². The van der Waals surface area contributed by atoms with Gasteiger partial charge in [-0.2, -0.15) is 0 Å². The predicted octanol–water partition coefficient (Wildman–Crippen LogP) is -7.08. The number of aliphatic hydroxyl groups excluding tert-OH is 4. The lowest BCUT2D eigenvalue weighted by Gasteiger charge is -2.35. The second-order valence-corrected chi connectivity index (χ2v) is 21.2. The Morgan fingerprint density at radius 3 is 2.06 bits per heavy atom. The molecule has 16 atom stereocenters. The third kappa shape index (κ3) is 11.0. The van der Waals surface area contributed by atoms with E-state index in [0.717, 1.165) is 34.1 Å². The van der Waals surface area contributed by atoms with Crippen molar-refractivity contribution in [3.63, 3.8) is 0 Å². The predicted molar refractivity (Wildman–Crippen MR) is 213 cm³/mol. The van der Waals surface area contributed by atoms with Gasteiger partial charge in [0.15, 0.2) is 36.4 Å². The zero-order valence-corrected chi connectivity index (χ0v) is 38.9. The SMILES string of the molecule is Cn1c[n+]([C@@H]2O[C@H](COP(=O)([O-])OP(=O)([O-])OP(=O)([O-])OC[C@H]3O[C@@H](n4cnc5c(N)ncnc54)C(F)[C@H]3OP(=O)([O-])OC[C@H]3O[C@@H](n4ccc(=O)[nH]c4=O)C(O)[C@H]3O)[C@H](O)C2O)c2nc(N)[nH]c(=O)c21. The number of nitrogens with two attached hydrogens (primary N) is 2. The molecule has 5 aromatic rings. The molecule has 7 unspecified atom stereocenters. The molecule has 0 saturated carbocycles. The number of nitrogen functional groups attached to an aromatic ring is 2. The molecule has 71 heavy (non-hydrogen) atoms. The van der Waals surface area contributed by atoms with Crippen molar-refractivity contribution in [2.45, 2.75) is 73.7 Å². The highest BCUT2D eigenvalue weighted by molar-refractivity contribution is 7.65. The number of aromatic nitrogens is 10. The summed E-state index contributed by atoms with van der Waals surface area (Å²) in [5, 5.41) is 42.3. The van der Waals surface area contributed by atoms with Crippen LogP contribution < -0.4 is 52.4 Å². The van der Waals surface area contributed by atoms with Crippen LogP contribution in [0, 0.1) is 0 Å². The molecule has 10 N–H and O–H groups in total. The van der Waals surface area contributed by atoms with Gasteiger partial charge in [0, 0.05) is 12.3 Å². The summed E-state index contributed by atoms with van der Waals surface area (Å²) in [4.78, 5) is 107. The van der Waals surface area contributed by atoms with E-state index in [1.165, 1.54) is 17.9 Å². The molecule has 3 aliphatic heterocycles. The molecule has 3 saturated heterocycles. The zero-order chi connectivity index (χ0) is 51.7. The number of nitrogens with one attached hydrogen (secondary N) is 2. The van der Waals surface area contributed by atoms with Crippen LogP contribution in [0.2, 0.25) is 0 Å². The quantitative estimate of drug-likeness (QED) is 0.0298. The number of imidazole rings is 2. The van der Waals surface area contributed by atoms with Crippen LogP contribution in [0.5, 0.6) is 0 Å². The lowest BCUT2D eigenvalue weighted by molar-refractivity contribution is -0.745. The number of phosphoric acid groups is 4. The molecule has 36 nitrogen and oxygen atoms in total. The Kier molecular flexibility index (Phi) is 14.6. The van der Waals surface area contributed by atoms with Crippen LogP contribution in [0.3, 0.4) is 0 Å². The van der Waals surface area contributed by atoms with Crippen LogP contribution in [-0.4, -0.2) is 139 Å². The molecule has 0 aromatic carbocycles. The molecule has 0 spiro atoms. The number of alkyl halides is 1. The number of fused-ring (bicyclic) bond motifs is 2. The fourth-order valence-corrected chi connectivity index (χ4v) is 11.8. The van der Waals surface area contributed by atoms with Gasteiger partial charge >= 0.3 is 11.3 Å². The summed E-state index contributed by atoms with van der Waals surface area (Å²) in [5.74, 6) is -0.553. The van der Waals surface area contributed by atoms with Crippen molar-refractivity contribution >= 4 is 65.4 Å². The van der Waals surface area contributed by atoms with Gasteiger partial charge in [-0.1, -0.05) is 4.98 Å². The van der Waals surface area contributed by atoms with Crippen molar-refractivity contribution in [3.05, 3.63) is 62.4 Å². The van der Waals surface area contributed by atoms with Crippen LogP contribution in [0.4, 0.5) is 16.2 Å². The highest BCUT2D eigenvalue weighted by Gasteiger charge is 2.51. The maximum absolute atomic E-state index is 16.4. The maximum Gasteiger partial charge on any atom is 0.330 e. The topological polar surface area (TPSA) is 530 Å². The van der Waals surface area contributed by atoms with Gasteiger partial charge in [0.1, 0.15) is 60.7 Å². The summed E-state index contributed by atoms with van der Waals surface area (Å²) < 4.78 is 114. The lowest BCUT2D eigenvalue weighted by atomic mass is 10.1. The van der Waals surface area contributed by atoms with Crippen molar-refractivity contribution in [3.8, 4) is 0 Å². The molecule has 0 amide bonds. The second kappa shape index (κ2) is 19.7. The first-order valence-corrected chi connectivity index (χ1v) is 25.6. The number of rotatable bonds is 18. The van der Waals surface area contributed by atoms with E-state index in [4.69, 9.17) is 34.7 Å². The number of aliphatic hydroxyl groups is 4. The van der Waals surface area contributed by atoms with Gasteiger partial charge in [-0.15, -0.1) is 0 Å². The Bertz CT molecular complexity index is 3210. The van der Waals surface area contributed by atoms with E-state index in [2.05, 4.69) is 42.6 Å². The number of halogens is 1. The molecule has 0 radical (unpaired) electrons. The molecular weight excluding hydrogens is 1060 g/mol. The van der Waals surface area contributed by atoms with Crippen LogP contribution in [0.25, 0.3) is 22.3 Å². The smallest absolute Gasteiger partial charge is 0.330 e. The second-order valence-electron chi connectivity index (χ2n) is 15.4. The fraction of sp³-hybridized carbons (Fsp3) is 0.533. The molecule has 3 aliphatic rings. The van der Waals surface area contributed by atoms with E-state index in [0.29, 0.717) is 4.57 Å². The minimum absolute atomic E-state index is 0.0618. The molecule has 8 rings (SSSR count). The summed E-state index contributed by atoms with van der Waals surface area (Å²) >= 11 is 0. The summed E-state index contributed by atoms with van der Waals surface area (Å²) in [6.07, 6.45) is -19.9. The average molecular weight is 1090 g/mol. The highest BCUT2D eigenvalue weighted by Crippen LogP contribution is 2.63. The first-order chi connectivity index (χ1) is 33.1. The number of H-pyrrole nitrogens is 2. The van der Waals surface area contributed by atoms with E-state index in [1.54, 1.807) is 0 Å². The third-order valence-corrected chi connectivity index (χ3v) is 15.7. The first-order valence-electron chi connectivity index (χ1n) is 19.8. The molecular formula is C30H36FN12O24P4-3. The molecule has 0 bridgehead atoms. The van der Waals surface area contributed by atoms with Gasteiger partial charge in [-0.05, 0) is 0 Å². The van der Waals surface area contributed by atoms with Gasteiger partial charge < -0.3 is 83.8 Å². The summed E-state index contributed by atoms with van der Waals surface area (Å²) in [6.45, 7) is -4.05. The van der Waals surface area contributed by atoms with Gasteiger partial charge in [0.05, 0.1) is 33.2 Å². The Morgan fingerprint density at radius 2 is 1.39 bits per heavy atom. The molecule has 8 heterocycles. The van der Waals surface area contributed by atoms with Crippen LogP contribution in [-0.2, 0) is 66.2 Å². The van der Waals surface area contributed by atoms with Crippen LogP contribution in [0.1, 0.15) is 18.7 Å². The number of hydrogen-bond donors (Lipinski definition) is 8. The normalized spacial score (nSPS) is 31.4. The van der Waals surface area contributed by atoms with Gasteiger partial charge in [0.25, 0.3) is 48.4 Å². The number of ether oxygens (including phenoxy) is 3. The third-order valence-electron chi connectivity index (χ3n) is 10.6. The van der Waals surface area contributed by atoms with Gasteiger partial charge in [-0.25, -0.2) is 37.3 Å². The minimum Gasteiger partial charge on any atom is -0.756 e. The van der Waals surface area contributed by atoms with Crippen LogP contribution >= 0.6 is 31.3 Å². The molecule has 3 fully saturated rings. The van der Waals surface area contributed by atoms with Crippen molar-refractivity contribution in [1.29, 1.82) is 0 Å². The van der Waals surface area contributed by atoms with E-state index in [9.17, 15) is 72.6 Å². The lowest BCUT2D eigenvalue weighted by Crippen LogP contribution is -2.46. The molecule has 390 valence electrons. The summed E-state index contributed by atoms with van der Waals surface area (Å²) in [6, 6.07) is 0.874. The Balaban J connectivity index is 0.917. The standard InChI is InChI=1S/C30H39FN12O24P4/c1-40-9-43(24-16(40)25(49)39-29(33)38-24)28-20(48)18(46)11(63-28)5-60-69(53,54)66-71(57,58)67-70(55,56)61-6-12-21(14(31)26(64-12)42-8-36-15-22(32)34-7-35-23(15)42)65-68(51,52)59-4-10-17(45)19(47)27(62-10)41-3-2-13(44)37-30(41)50/h2-3,7-12,14,17-21,26-28,45-48H,4-6H2,1H3,(H9-,32,33,34,35,37,38,39,44,49,50,51,52,53,54,55,56,57,58)/p-3/t10-,11-,12-,14?,17+,18+,19?,20?,21+,26-,27-,28-/m1/s1. The Hall–Kier alpha value is -4.65. The van der Waals surface area contributed by atoms with Crippen molar-refractivity contribution < 1.29 is 108 Å². The molecule has 5 aromatic heterocycles. The zero-order valence-electron chi connectivity index (χ0n) is 35.3. The van der Waals surface area contributed by atoms with Gasteiger partial charge in [0.2, 0.25) is 11.7 Å². The number of nitrogens with zero attached hydrogens (tertiary/aromatic N) is 8. The Labute approximate surface area is 391 Å². The summed E-state index contributed by atoms with van der Waals surface area (Å²) in [7, 11) is -23.7. The molecule has 41 heteroatoms.